The molecule has 0 bridgehead atoms. The maximum atomic E-state index is 12.5. The molecule has 0 saturated heterocycles. The Balaban J connectivity index is 3.53. The number of hydrogen-bond acceptors (Lipinski definition) is 5. The van der Waals surface area contributed by atoms with Gasteiger partial charge in [0.1, 0.15) is 0 Å². The molecule has 6 heteroatoms. The molecule has 0 aliphatic rings. The molecule has 2 atom stereocenters. The van der Waals surface area contributed by atoms with Gasteiger partial charge in [0.2, 0.25) is 5.91 Å². The Labute approximate surface area is 436 Å². The van der Waals surface area contributed by atoms with Crippen LogP contribution in [-0.2, 0) is 14.3 Å². The van der Waals surface area contributed by atoms with E-state index in [4.69, 9.17) is 4.74 Å². The lowest BCUT2D eigenvalue weighted by molar-refractivity contribution is -0.143. The number of aliphatic hydroxyl groups is 2. The summed E-state index contributed by atoms with van der Waals surface area (Å²) in [4.78, 5) is 24.6. The molecule has 0 saturated carbocycles. The molecule has 0 spiro atoms. The van der Waals surface area contributed by atoms with E-state index in [1.807, 2.05) is 6.08 Å². The molecule has 1 amide bonds. The van der Waals surface area contributed by atoms with E-state index in [0.717, 1.165) is 57.8 Å². The van der Waals surface area contributed by atoms with Crippen LogP contribution in [-0.4, -0.2) is 47.4 Å². The largest absolute Gasteiger partial charge is 0.466 e. The molecule has 3 N–H and O–H groups in total. The van der Waals surface area contributed by atoms with Gasteiger partial charge in [0, 0.05) is 12.8 Å². The summed E-state index contributed by atoms with van der Waals surface area (Å²) in [6.07, 6.45) is 75.5. The Morgan fingerprint density at radius 3 is 1.14 bits per heavy atom. The molecule has 0 aliphatic heterocycles. The molecule has 0 heterocycles. The van der Waals surface area contributed by atoms with E-state index in [1.54, 1.807) is 0 Å². The Morgan fingerprint density at radius 1 is 0.400 bits per heavy atom. The number of allylic oxidation sites excluding steroid dienone is 8. The van der Waals surface area contributed by atoms with Crippen molar-refractivity contribution in [1.82, 2.24) is 5.32 Å². The quantitative estimate of drug-likeness (QED) is 0.0321. The number of carbonyl (C=O) groups is 2. The van der Waals surface area contributed by atoms with Crippen LogP contribution < -0.4 is 5.32 Å². The lowest BCUT2D eigenvalue weighted by atomic mass is 10.0. The highest BCUT2D eigenvalue weighted by molar-refractivity contribution is 5.76. The molecule has 0 aromatic heterocycles. The van der Waals surface area contributed by atoms with Crippen LogP contribution in [0.15, 0.2) is 48.6 Å². The standard InChI is InChI=1S/C64H119NO5/c1-3-5-7-9-11-13-15-17-19-21-22-23-24-25-26-28-29-32-36-40-44-48-52-56-62(67)61(60-66)65-63(68)57-53-49-45-41-37-33-31-35-39-43-47-51-55-59-70-64(69)58-54-50-46-42-38-34-30-27-20-18-16-14-12-10-8-6-4-2/h12,14,18,20,33,37,45,49,61-62,66-67H,3-11,13,15-17,19,21-32,34-36,38-44,46-48,50-60H2,1-2H3,(H,65,68)/b14-12-,20-18-,37-33-,49-45-. The van der Waals surface area contributed by atoms with Crippen LogP contribution in [0.4, 0.5) is 0 Å². The molecule has 0 radical (unpaired) electrons. The van der Waals surface area contributed by atoms with E-state index in [9.17, 15) is 19.8 Å². The van der Waals surface area contributed by atoms with E-state index in [2.05, 4.69) is 61.7 Å². The van der Waals surface area contributed by atoms with Crippen molar-refractivity contribution >= 4 is 11.9 Å². The molecular weight excluding hydrogens is 863 g/mol. The molecule has 0 rings (SSSR count). The zero-order valence-corrected chi connectivity index (χ0v) is 46.7. The predicted molar refractivity (Wildman–Crippen MR) is 306 cm³/mol. The zero-order valence-electron chi connectivity index (χ0n) is 46.7. The van der Waals surface area contributed by atoms with Crippen LogP contribution in [0.5, 0.6) is 0 Å². The molecule has 70 heavy (non-hydrogen) atoms. The van der Waals surface area contributed by atoms with Gasteiger partial charge < -0.3 is 20.3 Å². The summed E-state index contributed by atoms with van der Waals surface area (Å²) < 4.78 is 5.47. The number of carbonyl (C=O) groups excluding carboxylic acids is 2. The normalized spacial score (nSPS) is 12.9. The van der Waals surface area contributed by atoms with Crippen LogP contribution in [0.2, 0.25) is 0 Å². The Hall–Kier alpha value is -2.18. The van der Waals surface area contributed by atoms with Gasteiger partial charge in [0.15, 0.2) is 0 Å². The van der Waals surface area contributed by atoms with Crippen LogP contribution in [0, 0.1) is 0 Å². The number of amides is 1. The number of esters is 1. The Morgan fingerprint density at radius 2 is 0.729 bits per heavy atom. The SMILES string of the molecule is CCCCC/C=C\C/C=C\CCCCCCCCCC(=O)OCCCCCCCC/C=C\C/C=C\CCC(=O)NC(CO)C(O)CCCCCCCCCCCCCCCCCCCCCCCCC. The van der Waals surface area contributed by atoms with Gasteiger partial charge in [-0.15, -0.1) is 0 Å². The van der Waals surface area contributed by atoms with Crippen molar-refractivity contribution in [2.75, 3.05) is 13.2 Å². The van der Waals surface area contributed by atoms with E-state index in [0.29, 0.717) is 32.3 Å². The first-order valence-corrected chi connectivity index (χ1v) is 30.9. The summed E-state index contributed by atoms with van der Waals surface area (Å²) >= 11 is 0. The fraction of sp³-hybridized carbons (Fsp3) is 0.844. The molecule has 0 aromatic rings. The second-order valence-electron chi connectivity index (χ2n) is 21.0. The fourth-order valence-electron chi connectivity index (χ4n) is 9.37. The number of aliphatic hydroxyl groups excluding tert-OH is 2. The number of nitrogens with one attached hydrogen (secondary N) is 1. The molecule has 2 unspecified atom stereocenters. The highest BCUT2D eigenvalue weighted by Crippen LogP contribution is 2.17. The summed E-state index contributed by atoms with van der Waals surface area (Å²) in [6, 6.07) is -0.588. The van der Waals surface area contributed by atoms with Crippen molar-refractivity contribution < 1.29 is 24.5 Å². The van der Waals surface area contributed by atoms with Crippen molar-refractivity contribution in [2.45, 2.75) is 334 Å². The number of rotatable bonds is 57. The van der Waals surface area contributed by atoms with Gasteiger partial charge >= 0.3 is 5.97 Å². The van der Waals surface area contributed by atoms with Crippen molar-refractivity contribution in [2.24, 2.45) is 0 Å². The van der Waals surface area contributed by atoms with E-state index in [-0.39, 0.29) is 18.5 Å². The minimum atomic E-state index is -0.702. The highest BCUT2D eigenvalue weighted by Gasteiger charge is 2.20. The Bertz CT molecular complexity index is 1180. The maximum absolute atomic E-state index is 12.5. The molecule has 410 valence electrons. The zero-order chi connectivity index (χ0) is 50.7. The van der Waals surface area contributed by atoms with Crippen LogP contribution in [0.3, 0.4) is 0 Å². The molecule has 6 nitrogen and oxygen atoms in total. The minimum absolute atomic E-state index is 0.0244. The van der Waals surface area contributed by atoms with Crippen LogP contribution >= 0.6 is 0 Å². The average molecular weight is 983 g/mol. The lowest BCUT2D eigenvalue weighted by Gasteiger charge is -2.22. The maximum Gasteiger partial charge on any atom is 0.305 e. The third kappa shape index (κ3) is 55.1. The summed E-state index contributed by atoms with van der Waals surface area (Å²) in [6.45, 7) is 4.88. The van der Waals surface area contributed by atoms with Gasteiger partial charge in [0.05, 0.1) is 25.4 Å². The van der Waals surface area contributed by atoms with Gasteiger partial charge in [-0.25, -0.2) is 0 Å². The monoisotopic (exact) mass is 982 g/mol. The second-order valence-corrected chi connectivity index (χ2v) is 21.0. The summed E-state index contributed by atoms with van der Waals surface area (Å²) in [7, 11) is 0. The lowest BCUT2D eigenvalue weighted by Crippen LogP contribution is -2.45. The molecule has 0 fully saturated rings. The van der Waals surface area contributed by atoms with Crippen molar-refractivity contribution in [3.63, 3.8) is 0 Å². The summed E-state index contributed by atoms with van der Waals surface area (Å²) in [5.41, 5.74) is 0. The van der Waals surface area contributed by atoms with E-state index < -0.39 is 12.1 Å². The minimum Gasteiger partial charge on any atom is -0.466 e. The van der Waals surface area contributed by atoms with Crippen LogP contribution in [0.25, 0.3) is 0 Å². The summed E-state index contributed by atoms with van der Waals surface area (Å²) in [5.74, 6) is -0.138. The first-order chi connectivity index (χ1) is 34.5. The van der Waals surface area contributed by atoms with E-state index in [1.165, 1.54) is 225 Å². The molecular formula is C64H119NO5. The van der Waals surface area contributed by atoms with E-state index >= 15 is 0 Å². The van der Waals surface area contributed by atoms with Gasteiger partial charge in [-0.3, -0.25) is 9.59 Å². The van der Waals surface area contributed by atoms with Gasteiger partial charge in [0.25, 0.3) is 0 Å². The first-order valence-electron chi connectivity index (χ1n) is 30.9. The van der Waals surface area contributed by atoms with Gasteiger partial charge in [-0.05, 0) is 77.0 Å². The first kappa shape index (κ1) is 67.8. The number of hydrogen-bond donors (Lipinski definition) is 3. The smallest absolute Gasteiger partial charge is 0.305 e. The molecule has 0 aromatic carbocycles. The van der Waals surface area contributed by atoms with Crippen molar-refractivity contribution in [3.8, 4) is 0 Å². The van der Waals surface area contributed by atoms with Gasteiger partial charge in [-0.2, -0.15) is 0 Å². The second kappa shape index (κ2) is 59.4. The fourth-order valence-corrected chi connectivity index (χ4v) is 9.37. The third-order valence-electron chi connectivity index (χ3n) is 14.1. The average Bonchev–Trinajstić information content (AvgIpc) is 3.36. The Kier molecular flexibility index (Phi) is 57.5. The van der Waals surface area contributed by atoms with Crippen LogP contribution in [0.1, 0.15) is 322 Å². The van der Waals surface area contributed by atoms with Gasteiger partial charge in [-0.1, -0.05) is 281 Å². The third-order valence-corrected chi connectivity index (χ3v) is 14.1. The summed E-state index contributed by atoms with van der Waals surface area (Å²) in [5, 5.41) is 23.3. The molecule has 0 aliphatic carbocycles. The highest BCUT2D eigenvalue weighted by atomic mass is 16.5. The number of ether oxygens (including phenoxy) is 1. The van der Waals surface area contributed by atoms with Crippen molar-refractivity contribution in [3.05, 3.63) is 48.6 Å². The number of unbranched alkanes of at least 4 members (excludes halogenated alkanes) is 38. The van der Waals surface area contributed by atoms with Crippen molar-refractivity contribution in [1.29, 1.82) is 0 Å². The topological polar surface area (TPSA) is 95.9 Å². The predicted octanol–water partition coefficient (Wildman–Crippen LogP) is 19.4.